The fourth-order valence-corrected chi connectivity index (χ4v) is 8.76. The van der Waals surface area contributed by atoms with Crippen molar-refractivity contribution in [3.05, 3.63) is 150 Å². The first kappa shape index (κ1) is 41.2. The number of hydrogen-bond acceptors (Lipinski definition) is 2. The standard InChI is InChI=1S/C53H57N4O.Pt/c1-34-25-47-48(26-35(34)2)57(33-56(47,57)39-18-16-17-37(27-39)53(12,13)52(9,10)11)40-28-38(51(6,7)8)29-42(31-40)58-41-21-22-44-43-19-14-15-20-45(43)55(46(44)32-41)49-30-36(23-24-54-49)50(3,4)5;/h14-30,33H,1-13H3;/q-1;/t56-,57?;/m0./s1. The van der Waals surface area contributed by atoms with Crippen molar-refractivity contribution in [2.45, 2.75) is 106 Å². The zero-order valence-electron chi connectivity index (χ0n) is 36.9. The summed E-state index contributed by atoms with van der Waals surface area (Å²) in [5.74, 6) is 2.19. The van der Waals surface area contributed by atoms with Gasteiger partial charge in [-0.25, -0.2) is 9.58 Å². The molecule has 2 aromatic heterocycles. The fourth-order valence-electron chi connectivity index (χ4n) is 8.76. The number of pyridine rings is 1. The number of aromatic nitrogens is 2. The maximum absolute atomic E-state index is 6.91. The Bertz CT molecular complexity index is 2810. The zero-order valence-corrected chi connectivity index (χ0v) is 39.2. The van der Waals surface area contributed by atoms with Gasteiger partial charge in [-0.15, -0.1) is 35.2 Å². The minimum Gasteiger partial charge on any atom is -0.509 e. The van der Waals surface area contributed by atoms with E-state index in [1.54, 1.807) is 0 Å². The molecule has 6 heteroatoms. The quantitative estimate of drug-likeness (QED) is 0.0943. The van der Waals surface area contributed by atoms with Gasteiger partial charge in [-0.3, -0.25) is 0 Å². The van der Waals surface area contributed by atoms with Crippen LogP contribution >= 0.6 is 0 Å². The number of benzene rings is 5. The van der Waals surface area contributed by atoms with Crippen molar-refractivity contribution in [1.29, 1.82) is 0 Å². The van der Waals surface area contributed by atoms with Gasteiger partial charge in [0.1, 0.15) is 5.82 Å². The topological polar surface area (TPSA) is 27.1 Å². The van der Waals surface area contributed by atoms with Crippen LogP contribution in [0.5, 0.6) is 11.5 Å². The molecule has 0 amide bonds. The molecule has 306 valence electrons. The Balaban J connectivity index is 0.00000484. The largest absolute Gasteiger partial charge is 0.509 e. The van der Waals surface area contributed by atoms with Crippen LogP contribution < -0.4 is 13.9 Å². The molecule has 0 spiro atoms. The van der Waals surface area contributed by atoms with E-state index >= 15 is 0 Å². The summed E-state index contributed by atoms with van der Waals surface area (Å²) < 4.78 is 10.3. The Hall–Kier alpha value is -4.54. The molecule has 0 saturated carbocycles. The molecule has 0 N–H and O–H groups in total. The van der Waals surface area contributed by atoms with Gasteiger partial charge in [-0.1, -0.05) is 118 Å². The van der Waals surface area contributed by atoms with Gasteiger partial charge in [0.2, 0.25) is 11.4 Å². The van der Waals surface area contributed by atoms with Crippen molar-refractivity contribution >= 4 is 44.6 Å². The first-order chi connectivity index (χ1) is 27.2. The second-order valence-corrected chi connectivity index (χ2v) is 20.4. The molecular formula is C53H57N4OPt-. The molecule has 1 unspecified atom stereocenters. The summed E-state index contributed by atoms with van der Waals surface area (Å²) in [7, 11) is 0. The van der Waals surface area contributed by atoms with Crippen LogP contribution in [0.2, 0.25) is 0 Å². The Morgan fingerprint density at radius 3 is 1.97 bits per heavy atom. The molecular weight excluding hydrogens is 904 g/mol. The summed E-state index contributed by atoms with van der Waals surface area (Å²) in [6.45, 7) is 32.2. The molecule has 0 radical (unpaired) electrons. The third-order valence-corrected chi connectivity index (χ3v) is 13.6. The van der Waals surface area contributed by atoms with Crippen molar-refractivity contribution in [2.75, 3.05) is 0 Å². The Morgan fingerprint density at radius 2 is 1.29 bits per heavy atom. The molecule has 0 bridgehead atoms. The smallest absolute Gasteiger partial charge is 0.225 e. The molecule has 2 atom stereocenters. The molecule has 9 rings (SSSR count). The average molecular weight is 961 g/mol. The maximum atomic E-state index is 6.91. The molecule has 4 heterocycles. The monoisotopic (exact) mass is 960 g/mol. The zero-order chi connectivity index (χ0) is 41.4. The van der Waals surface area contributed by atoms with E-state index in [4.69, 9.17) is 9.72 Å². The average Bonchev–Trinajstić information content (AvgIpc) is 3.67. The SMILES string of the molecule is Cc1cc2c(cc1C)[N@@+]1(c3cccc(C(C)(C)C(C)(C)C)c3)[CH-][N+]21c1[c-]c(Oc2[c-]c3c(cc2)c2ccccc2n3-c2cc(C(C)(C)C)ccn2)cc(C(C)(C)C)c1.[Pt]. The molecule has 0 aliphatic carbocycles. The van der Waals surface area contributed by atoms with Crippen molar-refractivity contribution in [3.8, 4) is 17.3 Å². The van der Waals surface area contributed by atoms with Crippen LogP contribution in [0.4, 0.5) is 22.7 Å². The first-order valence-corrected chi connectivity index (χ1v) is 20.7. The summed E-state index contributed by atoms with van der Waals surface area (Å²) in [5, 5.41) is 2.27. The normalized spacial score (nSPS) is 18.9. The second kappa shape index (κ2) is 13.5. The predicted molar refractivity (Wildman–Crippen MR) is 242 cm³/mol. The van der Waals surface area contributed by atoms with Crippen LogP contribution in [0.25, 0.3) is 27.6 Å². The number of quaternary nitrogens is 2. The molecule has 2 aliphatic rings. The third-order valence-electron chi connectivity index (χ3n) is 13.6. The third kappa shape index (κ3) is 6.17. The Labute approximate surface area is 366 Å². The van der Waals surface area contributed by atoms with Gasteiger partial charge in [0, 0.05) is 68.5 Å². The summed E-state index contributed by atoms with van der Waals surface area (Å²) in [6, 6.07) is 43.2. The van der Waals surface area contributed by atoms with E-state index in [1.165, 1.54) is 44.9 Å². The molecule has 5 aromatic carbocycles. The van der Waals surface area contributed by atoms with Crippen LogP contribution in [-0.2, 0) is 37.3 Å². The van der Waals surface area contributed by atoms with Gasteiger partial charge in [0.25, 0.3) is 0 Å². The number of aryl methyl sites for hydroxylation is 2. The molecule has 2 aliphatic heterocycles. The van der Waals surface area contributed by atoms with Gasteiger partial charge in [0.05, 0.1) is 5.69 Å². The van der Waals surface area contributed by atoms with Crippen LogP contribution in [0.1, 0.15) is 104 Å². The van der Waals surface area contributed by atoms with Gasteiger partial charge in [0.15, 0.2) is 12.4 Å². The number of rotatable bonds is 6. The van der Waals surface area contributed by atoms with Crippen LogP contribution in [0.15, 0.2) is 103 Å². The van der Waals surface area contributed by atoms with E-state index in [-0.39, 0.29) is 42.7 Å². The van der Waals surface area contributed by atoms with Crippen LogP contribution in [-0.4, -0.2) is 9.55 Å². The van der Waals surface area contributed by atoms with Gasteiger partial charge in [-0.2, -0.15) is 10.7 Å². The minimum absolute atomic E-state index is 0. The number of ether oxygens (including phenoxy) is 1. The van der Waals surface area contributed by atoms with Crippen LogP contribution in [0.3, 0.4) is 0 Å². The second-order valence-electron chi connectivity index (χ2n) is 20.4. The minimum atomic E-state index is -0.136. The molecule has 59 heavy (non-hydrogen) atoms. The van der Waals surface area contributed by atoms with Gasteiger partial charge < -0.3 is 9.30 Å². The number of para-hydroxylation sites is 1. The summed E-state index contributed by atoms with van der Waals surface area (Å²) in [4.78, 5) is 4.89. The van der Waals surface area contributed by atoms with Crippen molar-refractivity contribution < 1.29 is 25.8 Å². The fraction of sp³-hybridized carbons (Fsp3) is 0.321. The molecule has 1 saturated heterocycles. The van der Waals surface area contributed by atoms with Crippen molar-refractivity contribution in [2.24, 2.45) is 5.41 Å². The van der Waals surface area contributed by atoms with E-state index in [0.717, 1.165) is 33.3 Å². The summed E-state index contributed by atoms with van der Waals surface area (Å²) >= 11 is 0. The number of nitrogens with zero attached hydrogens (tertiary/aromatic N) is 4. The van der Waals surface area contributed by atoms with E-state index < -0.39 is 0 Å². The van der Waals surface area contributed by atoms with E-state index in [1.807, 2.05) is 12.3 Å². The first-order valence-electron chi connectivity index (χ1n) is 20.7. The summed E-state index contributed by atoms with van der Waals surface area (Å²) in [5.41, 5.74) is 13.2. The van der Waals surface area contributed by atoms with E-state index in [0.29, 0.717) is 20.7 Å². The Kier molecular flexibility index (Phi) is 9.42. The maximum Gasteiger partial charge on any atom is 0.225 e. The van der Waals surface area contributed by atoms with Crippen molar-refractivity contribution in [1.82, 2.24) is 18.7 Å². The summed E-state index contributed by atoms with van der Waals surface area (Å²) in [6.07, 6.45) is 1.92. The van der Waals surface area contributed by atoms with Gasteiger partial charge in [-0.05, 0) is 81.3 Å². The van der Waals surface area contributed by atoms with Gasteiger partial charge >= 0.3 is 0 Å². The molecule has 1 fully saturated rings. The molecule has 7 aromatic rings. The number of hydrogen-bond donors (Lipinski definition) is 0. The molecule has 5 nitrogen and oxygen atoms in total. The van der Waals surface area contributed by atoms with E-state index in [2.05, 4.69) is 204 Å². The Morgan fingerprint density at radius 1 is 0.610 bits per heavy atom. The van der Waals surface area contributed by atoms with Crippen LogP contribution in [0, 0.1) is 38.1 Å². The van der Waals surface area contributed by atoms with Crippen molar-refractivity contribution in [3.63, 3.8) is 0 Å². The van der Waals surface area contributed by atoms with E-state index in [9.17, 15) is 0 Å². The predicted octanol–water partition coefficient (Wildman–Crippen LogP) is 14.4. The number of fused-ring (bicyclic) bond motifs is 7.